The molecule has 0 aliphatic heterocycles. The first-order chi connectivity index (χ1) is 12.3. The van der Waals surface area contributed by atoms with Crippen molar-refractivity contribution in [3.63, 3.8) is 0 Å². The maximum atomic E-state index is 13.3. The van der Waals surface area contributed by atoms with E-state index in [2.05, 4.69) is 66.7 Å². The molecule has 0 spiro atoms. The van der Waals surface area contributed by atoms with Crippen LogP contribution >= 0.6 is 0 Å². The fourth-order valence-corrected chi connectivity index (χ4v) is 5.11. The number of carbonyl (C=O) groups is 1. The highest BCUT2D eigenvalue weighted by molar-refractivity contribution is 5.98. The summed E-state index contributed by atoms with van der Waals surface area (Å²) in [7, 11) is 0. The Morgan fingerprint density at radius 2 is 1.16 bits per heavy atom. The van der Waals surface area contributed by atoms with Gasteiger partial charge in [-0.1, -0.05) is 91.0 Å². The molecule has 1 heteroatoms. The van der Waals surface area contributed by atoms with Crippen LogP contribution in [0.15, 0.2) is 91.0 Å². The van der Waals surface area contributed by atoms with Crippen molar-refractivity contribution in [1.29, 1.82) is 0 Å². The van der Waals surface area contributed by atoms with Crippen molar-refractivity contribution in [2.45, 2.75) is 23.7 Å². The van der Waals surface area contributed by atoms with Crippen molar-refractivity contribution in [3.8, 4) is 0 Å². The third kappa shape index (κ3) is 2.05. The van der Waals surface area contributed by atoms with Crippen LogP contribution in [0, 0.1) is 5.92 Å². The molecule has 2 fully saturated rings. The topological polar surface area (TPSA) is 17.1 Å². The average molecular weight is 324 g/mol. The van der Waals surface area contributed by atoms with Crippen LogP contribution in [-0.2, 0) is 10.2 Å². The first-order valence-corrected chi connectivity index (χ1v) is 9.01. The van der Waals surface area contributed by atoms with Crippen molar-refractivity contribution in [2.24, 2.45) is 5.92 Å². The molecule has 2 aliphatic rings. The second kappa shape index (κ2) is 5.42. The predicted octanol–water partition coefficient (Wildman–Crippen LogP) is 5.09. The van der Waals surface area contributed by atoms with E-state index >= 15 is 0 Å². The van der Waals surface area contributed by atoms with Gasteiger partial charge in [-0.2, -0.15) is 0 Å². The van der Waals surface area contributed by atoms with Gasteiger partial charge in [0.2, 0.25) is 0 Å². The van der Waals surface area contributed by atoms with Gasteiger partial charge >= 0.3 is 0 Å². The first kappa shape index (κ1) is 14.7. The Morgan fingerprint density at radius 1 is 0.640 bits per heavy atom. The van der Waals surface area contributed by atoms with Crippen molar-refractivity contribution in [3.05, 3.63) is 108 Å². The summed E-state index contributed by atoms with van der Waals surface area (Å²) in [6.07, 6.45) is 0.921. The zero-order chi connectivity index (χ0) is 16.9. The molecule has 4 atom stereocenters. The molecular formula is C24H20O. The standard InChI is InChI=1S/C24H20O/c25-23-20(17-10-4-1-5-11-17)16-24(19-14-8-3-9-15-19)21(22(23)24)18-12-6-2-7-13-18/h1-15,20-22H,16H2/t20-,21-,22-,24+/m0/s1. The largest absolute Gasteiger partial charge is 0.299 e. The number of ketones is 1. The van der Waals surface area contributed by atoms with E-state index in [1.165, 1.54) is 16.7 Å². The van der Waals surface area contributed by atoms with Crippen LogP contribution in [0.5, 0.6) is 0 Å². The summed E-state index contributed by atoms with van der Waals surface area (Å²) in [5.74, 6) is 0.890. The van der Waals surface area contributed by atoms with Gasteiger partial charge < -0.3 is 0 Å². The van der Waals surface area contributed by atoms with Crippen LogP contribution in [0.4, 0.5) is 0 Å². The Balaban J connectivity index is 1.60. The third-order valence-electron chi connectivity index (χ3n) is 6.20. The number of Topliss-reactive ketones (excluding diaryl/α,β-unsaturated/α-hetero) is 1. The molecule has 2 saturated carbocycles. The van der Waals surface area contributed by atoms with Crippen molar-refractivity contribution in [2.75, 3.05) is 0 Å². The van der Waals surface area contributed by atoms with Crippen LogP contribution in [0.25, 0.3) is 0 Å². The van der Waals surface area contributed by atoms with E-state index in [0.29, 0.717) is 11.7 Å². The quantitative estimate of drug-likeness (QED) is 0.655. The highest BCUT2D eigenvalue weighted by Gasteiger charge is 2.74. The SMILES string of the molecule is O=C1[C@H](c2ccccc2)C[C@]2(c3ccccc3)[C@H]1[C@@H]2c1ccccc1. The van der Waals surface area contributed by atoms with Gasteiger partial charge in [0, 0.05) is 23.2 Å². The summed E-state index contributed by atoms with van der Waals surface area (Å²) in [5.41, 5.74) is 3.76. The molecule has 0 amide bonds. The van der Waals surface area contributed by atoms with Gasteiger partial charge in [0.15, 0.2) is 0 Å². The smallest absolute Gasteiger partial charge is 0.144 e. The van der Waals surface area contributed by atoms with Crippen molar-refractivity contribution in [1.82, 2.24) is 0 Å². The Morgan fingerprint density at radius 3 is 1.76 bits per heavy atom. The predicted molar refractivity (Wildman–Crippen MR) is 99.6 cm³/mol. The van der Waals surface area contributed by atoms with Crippen LogP contribution in [-0.4, -0.2) is 5.78 Å². The molecule has 3 aromatic carbocycles. The lowest BCUT2D eigenvalue weighted by Crippen LogP contribution is -2.14. The van der Waals surface area contributed by atoms with Crippen molar-refractivity contribution < 1.29 is 4.79 Å². The summed E-state index contributed by atoms with van der Waals surface area (Å²) in [4.78, 5) is 13.3. The number of benzene rings is 3. The molecule has 2 aliphatic carbocycles. The molecule has 25 heavy (non-hydrogen) atoms. The van der Waals surface area contributed by atoms with E-state index in [-0.39, 0.29) is 17.3 Å². The summed E-state index contributed by atoms with van der Waals surface area (Å²) >= 11 is 0. The minimum Gasteiger partial charge on any atom is -0.299 e. The van der Waals surface area contributed by atoms with Crippen LogP contribution < -0.4 is 0 Å². The average Bonchev–Trinajstić information content (AvgIpc) is 3.28. The zero-order valence-electron chi connectivity index (χ0n) is 14.0. The highest BCUT2D eigenvalue weighted by Crippen LogP contribution is 2.74. The lowest BCUT2D eigenvalue weighted by atomic mass is 9.82. The molecule has 0 N–H and O–H groups in total. The summed E-state index contributed by atoms with van der Waals surface area (Å²) < 4.78 is 0. The van der Waals surface area contributed by atoms with Gasteiger partial charge in [-0.3, -0.25) is 4.79 Å². The summed E-state index contributed by atoms with van der Waals surface area (Å²) in [6.45, 7) is 0. The lowest BCUT2D eigenvalue weighted by Gasteiger charge is -2.20. The second-order valence-electron chi connectivity index (χ2n) is 7.34. The van der Waals surface area contributed by atoms with Gasteiger partial charge in [-0.15, -0.1) is 0 Å². The Labute approximate surface area is 148 Å². The fraction of sp³-hybridized carbons (Fsp3) is 0.208. The fourth-order valence-electron chi connectivity index (χ4n) is 5.11. The zero-order valence-corrected chi connectivity index (χ0v) is 14.0. The van der Waals surface area contributed by atoms with Gasteiger partial charge in [-0.25, -0.2) is 0 Å². The number of rotatable bonds is 3. The van der Waals surface area contributed by atoms with Crippen LogP contribution in [0.2, 0.25) is 0 Å². The molecule has 122 valence electrons. The monoisotopic (exact) mass is 324 g/mol. The first-order valence-electron chi connectivity index (χ1n) is 9.01. The Bertz CT molecular complexity index is 901. The van der Waals surface area contributed by atoms with Crippen molar-refractivity contribution >= 4 is 5.78 Å². The molecule has 5 rings (SSSR count). The molecule has 3 aromatic rings. The molecular weight excluding hydrogens is 304 g/mol. The molecule has 1 nitrogen and oxygen atoms in total. The van der Waals surface area contributed by atoms with E-state index in [0.717, 1.165) is 6.42 Å². The number of carbonyl (C=O) groups excluding carboxylic acids is 1. The lowest BCUT2D eigenvalue weighted by molar-refractivity contribution is -0.120. The molecule has 0 aromatic heterocycles. The Kier molecular flexibility index (Phi) is 3.18. The van der Waals surface area contributed by atoms with Crippen LogP contribution in [0.3, 0.4) is 0 Å². The second-order valence-corrected chi connectivity index (χ2v) is 7.34. The van der Waals surface area contributed by atoms with E-state index in [4.69, 9.17) is 0 Å². The van der Waals surface area contributed by atoms with Gasteiger partial charge in [0.05, 0.1) is 0 Å². The van der Waals surface area contributed by atoms with Crippen LogP contribution in [0.1, 0.15) is 34.9 Å². The minimum absolute atomic E-state index is 0.0276. The normalized spacial score (nSPS) is 30.1. The van der Waals surface area contributed by atoms with Gasteiger partial charge in [0.25, 0.3) is 0 Å². The minimum atomic E-state index is -0.0276. The van der Waals surface area contributed by atoms with E-state index in [9.17, 15) is 4.79 Å². The van der Waals surface area contributed by atoms with Gasteiger partial charge in [-0.05, 0) is 23.1 Å². The Hall–Kier alpha value is -2.67. The maximum absolute atomic E-state index is 13.3. The molecule has 0 saturated heterocycles. The molecule has 0 radical (unpaired) electrons. The highest BCUT2D eigenvalue weighted by atomic mass is 16.1. The molecule has 0 heterocycles. The van der Waals surface area contributed by atoms with E-state index in [1.807, 2.05) is 24.3 Å². The number of fused-ring (bicyclic) bond motifs is 1. The third-order valence-corrected chi connectivity index (χ3v) is 6.20. The van der Waals surface area contributed by atoms with Gasteiger partial charge in [0.1, 0.15) is 5.78 Å². The maximum Gasteiger partial charge on any atom is 0.144 e. The molecule has 0 bridgehead atoms. The van der Waals surface area contributed by atoms with E-state index < -0.39 is 0 Å². The summed E-state index contributed by atoms with van der Waals surface area (Å²) in [6, 6.07) is 31.5. The van der Waals surface area contributed by atoms with E-state index in [1.54, 1.807) is 0 Å². The number of hydrogen-bond acceptors (Lipinski definition) is 1. The number of hydrogen-bond donors (Lipinski definition) is 0. The molecule has 0 unspecified atom stereocenters. The summed E-state index contributed by atoms with van der Waals surface area (Å²) in [5, 5.41) is 0.